The highest BCUT2D eigenvalue weighted by molar-refractivity contribution is 7.14. The molecule has 0 spiro atoms. The van der Waals surface area contributed by atoms with Crippen molar-refractivity contribution < 1.29 is 14.3 Å². The van der Waals surface area contributed by atoms with E-state index in [9.17, 15) is 4.79 Å². The van der Waals surface area contributed by atoms with Gasteiger partial charge in [0, 0.05) is 4.88 Å². The maximum Gasteiger partial charge on any atom is 0.210 e. The quantitative estimate of drug-likeness (QED) is 0.680. The Kier molecular flexibility index (Phi) is 5.81. The Balaban J connectivity index is 1.97. The lowest BCUT2D eigenvalue weighted by Gasteiger charge is -2.11. The predicted molar refractivity (Wildman–Crippen MR) is 85.8 cm³/mol. The minimum Gasteiger partial charge on any atom is -0.490 e. The molecule has 3 nitrogen and oxygen atoms in total. The molecule has 0 aliphatic rings. The molecule has 112 valence electrons. The first-order chi connectivity index (χ1) is 10.2. The number of para-hydroxylation sites is 2. The third-order valence-electron chi connectivity index (χ3n) is 2.95. The highest BCUT2D eigenvalue weighted by Crippen LogP contribution is 2.27. The lowest BCUT2D eigenvalue weighted by Crippen LogP contribution is -2.11. The van der Waals surface area contributed by atoms with E-state index in [0.29, 0.717) is 18.1 Å². The molecule has 0 amide bonds. The zero-order valence-corrected chi connectivity index (χ0v) is 13.2. The van der Waals surface area contributed by atoms with Crippen LogP contribution in [-0.2, 0) is 6.42 Å². The molecule has 1 aromatic carbocycles. The summed E-state index contributed by atoms with van der Waals surface area (Å²) >= 11 is 1.53. The lowest BCUT2D eigenvalue weighted by molar-refractivity contribution is 0.0923. The van der Waals surface area contributed by atoms with Crippen LogP contribution in [0.4, 0.5) is 0 Å². The molecular weight excluding hydrogens is 284 g/mol. The van der Waals surface area contributed by atoms with Crippen LogP contribution < -0.4 is 9.47 Å². The minimum atomic E-state index is 0.00462. The molecule has 2 rings (SSSR count). The zero-order chi connectivity index (χ0) is 15.1. The summed E-state index contributed by atoms with van der Waals surface area (Å²) in [6, 6.07) is 11.3. The molecule has 2 aromatic rings. The summed E-state index contributed by atoms with van der Waals surface area (Å²) in [5.74, 6) is 1.31. The number of aryl methyl sites for hydroxylation is 1. The molecule has 0 aliphatic heterocycles. The highest BCUT2D eigenvalue weighted by atomic mass is 32.1. The fourth-order valence-electron chi connectivity index (χ4n) is 1.83. The van der Waals surface area contributed by atoms with Crippen molar-refractivity contribution in [2.45, 2.75) is 26.7 Å². The fourth-order valence-corrected chi connectivity index (χ4v) is 2.70. The maximum atomic E-state index is 12.1. The van der Waals surface area contributed by atoms with Crippen LogP contribution in [0.25, 0.3) is 0 Å². The molecule has 1 heterocycles. The molecule has 0 fully saturated rings. The number of ketones is 1. The smallest absolute Gasteiger partial charge is 0.210 e. The van der Waals surface area contributed by atoms with Crippen LogP contribution in [0.15, 0.2) is 36.4 Å². The van der Waals surface area contributed by atoms with Crippen molar-refractivity contribution in [3.8, 4) is 11.5 Å². The van der Waals surface area contributed by atoms with Crippen LogP contribution in [0.3, 0.4) is 0 Å². The molecular formula is C17H20O3S. The standard InChI is InChI=1S/C17H20O3S/c1-3-11-19-15-7-5-6-8-16(15)20-12-14(18)17-10-9-13(4-2)21-17/h5-10H,3-4,11-12H2,1-2H3. The first-order valence-electron chi connectivity index (χ1n) is 7.21. The van der Waals surface area contributed by atoms with E-state index in [-0.39, 0.29) is 12.4 Å². The number of thiophene rings is 1. The van der Waals surface area contributed by atoms with Gasteiger partial charge < -0.3 is 9.47 Å². The van der Waals surface area contributed by atoms with Crippen LogP contribution in [0.2, 0.25) is 0 Å². The molecule has 0 atom stereocenters. The third-order valence-corrected chi connectivity index (χ3v) is 4.23. The molecule has 21 heavy (non-hydrogen) atoms. The van der Waals surface area contributed by atoms with E-state index < -0.39 is 0 Å². The van der Waals surface area contributed by atoms with E-state index >= 15 is 0 Å². The lowest BCUT2D eigenvalue weighted by atomic mass is 10.3. The molecule has 0 saturated heterocycles. The SMILES string of the molecule is CCCOc1ccccc1OCC(=O)c1ccc(CC)s1. The number of Topliss-reactive ketones (excluding diaryl/α,β-unsaturated/α-hetero) is 1. The van der Waals surface area contributed by atoms with Crippen LogP contribution >= 0.6 is 11.3 Å². The van der Waals surface area contributed by atoms with Crippen molar-refractivity contribution >= 4 is 17.1 Å². The average Bonchev–Trinajstić information content (AvgIpc) is 3.00. The van der Waals surface area contributed by atoms with Gasteiger partial charge in [-0.05, 0) is 37.1 Å². The Morgan fingerprint density at radius 3 is 2.38 bits per heavy atom. The largest absolute Gasteiger partial charge is 0.490 e. The average molecular weight is 304 g/mol. The molecule has 0 bridgehead atoms. The van der Waals surface area contributed by atoms with E-state index in [1.54, 1.807) is 0 Å². The van der Waals surface area contributed by atoms with Crippen molar-refractivity contribution in [2.24, 2.45) is 0 Å². The van der Waals surface area contributed by atoms with Crippen molar-refractivity contribution in [1.29, 1.82) is 0 Å². The number of rotatable bonds is 8. The van der Waals surface area contributed by atoms with Gasteiger partial charge in [0.25, 0.3) is 0 Å². The summed E-state index contributed by atoms with van der Waals surface area (Å²) in [5, 5.41) is 0. The van der Waals surface area contributed by atoms with Gasteiger partial charge in [0.2, 0.25) is 5.78 Å². The van der Waals surface area contributed by atoms with Gasteiger partial charge in [0.05, 0.1) is 11.5 Å². The van der Waals surface area contributed by atoms with Gasteiger partial charge >= 0.3 is 0 Å². The van der Waals surface area contributed by atoms with Crippen molar-refractivity contribution in [1.82, 2.24) is 0 Å². The van der Waals surface area contributed by atoms with Gasteiger partial charge in [-0.1, -0.05) is 26.0 Å². The summed E-state index contributed by atoms with van der Waals surface area (Å²) in [7, 11) is 0. The minimum absolute atomic E-state index is 0.00462. The van der Waals surface area contributed by atoms with Gasteiger partial charge in [-0.15, -0.1) is 11.3 Å². The number of ether oxygens (including phenoxy) is 2. The number of carbonyl (C=O) groups excluding carboxylic acids is 1. The van der Waals surface area contributed by atoms with Gasteiger partial charge in [0.1, 0.15) is 0 Å². The van der Waals surface area contributed by atoms with Gasteiger partial charge in [0.15, 0.2) is 18.1 Å². The van der Waals surface area contributed by atoms with E-state index in [2.05, 4.69) is 13.8 Å². The summed E-state index contributed by atoms with van der Waals surface area (Å²) in [6.45, 7) is 4.81. The molecule has 1 aromatic heterocycles. The number of carbonyl (C=O) groups is 1. The second-order valence-corrected chi connectivity index (χ2v) is 5.79. The van der Waals surface area contributed by atoms with Crippen LogP contribution in [0.1, 0.15) is 34.8 Å². The van der Waals surface area contributed by atoms with Gasteiger partial charge in [-0.25, -0.2) is 0 Å². The van der Waals surface area contributed by atoms with E-state index in [4.69, 9.17) is 9.47 Å². The molecule has 0 saturated carbocycles. The molecule has 0 aliphatic carbocycles. The fraction of sp³-hybridized carbons (Fsp3) is 0.353. The maximum absolute atomic E-state index is 12.1. The third kappa shape index (κ3) is 4.33. The first kappa shape index (κ1) is 15.6. The Morgan fingerprint density at radius 2 is 1.76 bits per heavy atom. The summed E-state index contributed by atoms with van der Waals surface area (Å²) < 4.78 is 11.2. The summed E-state index contributed by atoms with van der Waals surface area (Å²) in [6.07, 6.45) is 1.88. The van der Waals surface area contributed by atoms with E-state index in [1.807, 2.05) is 36.4 Å². The Labute approximate surface area is 129 Å². The summed E-state index contributed by atoms with van der Waals surface area (Å²) in [5.41, 5.74) is 0. The van der Waals surface area contributed by atoms with Crippen molar-refractivity contribution in [3.05, 3.63) is 46.2 Å². The van der Waals surface area contributed by atoms with Crippen LogP contribution in [0.5, 0.6) is 11.5 Å². The topological polar surface area (TPSA) is 35.5 Å². The second kappa shape index (κ2) is 7.84. The number of benzene rings is 1. The molecule has 0 radical (unpaired) electrons. The van der Waals surface area contributed by atoms with Crippen molar-refractivity contribution in [3.63, 3.8) is 0 Å². The van der Waals surface area contributed by atoms with Crippen molar-refractivity contribution in [2.75, 3.05) is 13.2 Å². The highest BCUT2D eigenvalue weighted by Gasteiger charge is 2.11. The predicted octanol–water partition coefficient (Wildman–Crippen LogP) is 4.36. The van der Waals surface area contributed by atoms with E-state index in [1.165, 1.54) is 16.2 Å². The molecule has 0 N–H and O–H groups in total. The van der Waals surface area contributed by atoms with Gasteiger partial charge in [-0.2, -0.15) is 0 Å². The first-order valence-corrected chi connectivity index (χ1v) is 8.02. The zero-order valence-electron chi connectivity index (χ0n) is 12.4. The second-order valence-electron chi connectivity index (χ2n) is 4.63. The Morgan fingerprint density at radius 1 is 1.05 bits per heavy atom. The van der Waals surface area contributed by atoms with E-state index in [0.717, 1.165) is 17.7 Å². The summed E-state index contributed by atoms with van der Waals surface area (Å²) in [4.78, 5) is 14.1. The number of hydrogen-bond acceptors (Lipinski definition) is 4. The number of hydrogen-bond donors (Lipinski definition) is 0. The Bertz CT molecular complexity index is 589. The molecule has 4 heteroatoms. The van der Waals surface area contributed by atoms with Crippen LogP contribution in [-0.4, -0.2) is 19.0 Å². The van der Waals surface area contributed by atoms with Gasteiger partial charge in [-0.3, -0.25) is 4.79 Å². The monoisotopic (exact) mass is 304 g/mol. The Hall–Kier alpha value is -1.81. The normalized spacial score (nSPS) is 10.4. The van der Waals surface area contributed by atoms with Crippen LogP contribution in [0, 0.1) is 0 Å². The molecule has 0 unspecified atom stereocenters.